The summed E-state index contributed by atoms with van der Waals surface area (Å²) in [4.78, 5) is 0. The first-order valence-corrected chi connectivity index (χ1v) is 6.68. The Kier molecular flexibility index (Phi) is 4.42. The van der Waals surface area contributed by atoms with Crippen molar-refractivity contribution < 1.29 is 9.47 Å². The Balaban J connectivity index is 2.15. The average Bonchev–Trinajstić information content (AvgIpc) is 2.39. The van der Waals surface area contributed by atoms with Gasteiger partial charge in [0.25, 0.3) is 0 Å². The second-order valence-corrected chi connectivity index (χ2v) is 5.24. The molecule has 0 radical (unpaired) electrons. The molecule has 3 nitrogen and oxygen atoms in total. The molecular formula is C13H18BrNO2. The highest BCUT2D eigenvalue weighted by atomic mass is 79.9. The summed E-state index contributed by atoms with van der Waals surface area (Å²) in [7, 11) is 1.66. The Morgan fingerprint density at radius 3 is 2.94 bits per heavy atom. The summed E-state index contributed by atoms with van der Waals surface area (Å²) < 4.78 is 11.7. The molecule has 0 amide bonds. The van der Waals surface area contributed by atoms with Crippen LogP contribution >= 0.6 is 15.9 Å². The summed E-state index contributed by atoms with van der Waals surface area (Å²) in [5.41, 5.74) is 7.44. The van der Waals surface area contributed by atoms with Crippen LogP contribution in [0.5, 0.6) is 5.75 Å². The summed E-state index contributed by atoms with van der Waals surface area (Å²) in [5, 5.41) is 0. The second kappa shape index (κ2) is 5.85. The maximum atomic E-state index is 6.31. The highest BCUT2D eigenvalue weighted by Crippen LogP contribution is 2.33. The van der Waals surface area contributed by atoms with Gasteiger partial charge < -0.3 is 15.2 Å². The number of ether oxygens (including phenoxy) is 2. The van der Waals surface area contributed by atoms with Crippen molar-refractivity contribution in [3.8, 4) is 5.75 Å². The van der Waals surface area contributed by atoms with E-state index in [2.05, 4.69) is 15.9 Å². The van der Waals surface area contributed by atoms with Crippen LogP contribution in [0.4, 0.5) is 0 Å². The van der Waals surface area contributed by atoms with Crippen LogP contribution in [0.2, 0.25) is 0 Å². The largest absolute Gasteiger partial charge is 0.497 e. The lowest BCUT2D eigenvalue weighted by Crippen LogP contribution is -2.29. The van der Waals surface area contributed by atoms with Gasteiger partial charge in [-0.15, -0.1) is 0 Å². The molecule has 0 bridgehead atoms. The van der Waals surface area contributed by atoms with Gasteiger partial charge in [0.2, 0.25) is 0 Å². The first-order chi connectivity index (χ1) is 8.22. The molecule has 1 fully saturated rings. The quantitative estimate of drug-likeness (QED) is 0.933. The lowest BCUT2D eigenvalue weighted by atomic mass is 9.89. The molecule has 4 heteroatoms. The highest BCUT2D eigenvalue weighted by Gasteiger charge is 2.23. The summed E-state index contributed by atoms with van der Waals surface area (Å²) in [6.07, 6.45) is 2.24. The van der Waals surface area contributed by atoms with Gasteiger partial charge in [0, 0.05) is 23.0 Å². The molecule has 0 aliphatic carbocycles. The Hall–Kier alpha value is -0.580. The SMILES string of the molecule is COc1ccc(C(N)C2CCCOC2)c(Br)c1. The predicted molar refractivity (Wildman–Crippen MR) is 71.2 cm³/mol. The molecule has 2 N–H and O–H groups in total. The zero-order valence-electron chi connectivity index (χ0n) is 9.99. The molecule has 1 aromatic rings. The Morgan fingerprint density at radius 1 is 1.53 bits per heavy atom. The second-order valence-electron chi connectivity index (χ2n) is 4.39. The van der Waals surface area contributed by atoms with Crippen LogP contribution in [0, 0.1) is 5.92 Å². The van der Waals surface area contributed by atoms with E-state index in [9.17, 15) is 0 Å². The lowest BCUT2D eigenvalue weighted by molar-refractivity contribution is 0.0447. The topological polar surface area (TPSA) is 44.5 Å². The van der Waals surface area contributed by atoms with Gasteiger partial charge in [-0.2, -0.15) is 0 Å². The number of methoxy groups -OCH3 is 1. The Labute approximate surface area is 110 Å². The maximum Gasteiger partial charge on any atom is 0.120 e. The van der Waals surface area contributed by atoms with Crippen molar-refractivity contribution in [2.75, 3.05) is 20.3 Å². The maximum absolute atomic E-state index is 6.31. The van der Waals surface area contributed by atoms with E-state index in [0.29, 0.717) is 5.92 Å². The Morgan fingerprint density at radius 2 is 2.35 bits per heavy atom. The van der Waals surface area contributed by atoms with Gasteiger partial charge >= 0.3 is 0 Å². The van der Waals surface area contributed by atoms with Crippen LogP contribution in [-0.4, -0.2) is 20.3 Å². The molecule has 2 unspecified atom stereocenters. The fraction of sp³-hybridized carbons (Fsp3) is 0.538. The van der Waals surface area contributed by atoms with E-state index >= 15 is 0 Å². The number of benzene rings is 1. The first kappa shape index (κ1) is 12.9. The third-order valence-electron chi connectivity index (χ3n) is 3.27. The molecule has 1 heterocycles. The predicted octanol–water partition coefficient (Wildman–Crippen LogP) is 2.88. The van der Waals surface area contributed by atoms with Crippen molar-refractivity contribution in [1.29, 1.82) is 0 Å². The highest BCUT2D eigenvalue weighted by molar-refractivity contribution is 9.10. The summed E-state index contributed by atoms with van der Waals surface area (Å²) in [6.45, 7) is 1.63. The van der Waals surface area contributed by atoms with E-state index in [4.69, 9.17) is 15.2 Å². The van der Waals surface area contributed by atoms with Gasteiger partial charge in [0.1, 0.15) is 5.75 Å². The van der Waals surface area contributed by atoms with Crippen LogP contribution < -0.4 is 10.5 Å². The van der Waals surface area contributed by atoms with Gasteiger partial charge in [0.15, 0.2) is 0 Å². The third-order valence-corrected chi connectivity index (χ3v) is 3.96. The van der Waals surface area contributed by atoms with Crippen molar-refractivity contribution in [3.05, 3.63) is 28.2 Å². The van der Waals surface area contributed by atoms with Crippen LogP contribution in [0.1, 0.15) is 24.4 Å². The molecule has 17 heavy (non-hydrogen) atoms. The van der Waals surface area contributed by atoms with E-state index in [1.165, 1.54) is 0 Å². The number of hydrogen-bond acceptors (Lipinski definition) is 3. The van der Waals surface area contributed by atoms with Gasteiger partial charge in [-0.3, -0.25) is 0 Å². The molecule has 1 aliphatic heterocycles. The van der Waals surface area contributed by atoms with Gasteiger partial charge in [-0.05, 0) is 30.5 Å². The molecule has 1 aromatic carbocycles. The van der Waals surface area contributed by atoms with E-state index in [0.717, 1.165) is 41.8 Å². The van der Waals surface area contributed by atoms with Crippen LogP contribution in [0.15, 0.2) is 22.7 Å². The van der Waals surface area contributed by atoms with Crippen LogP contribution in [-0.2, 0) is 4.74 Å². The minimum Gasteiger partial charge on any atom is -0.497 e. The molecule has 0 saturated carbocycles. The van der Waals surface area contributed by atoms with Crippen LogP contribution in [0.25, 0.3) is 0 Å². The van der Waals surface area contributed by atoms with Crippen molar-refractivity contribution >= 4 is 15.9 Å². The van der Waals surface area contributed by atoms with Crippen molar-refractivity contribution in [2.24, 2.45) is 11.7 Å². The van der Waals surface area contributed by atoms with Gasteiger partial charge in [-0.1, -0.05) is 22.0 Å². The number of nitrogens with two attached hydrogens (primary N) is 1. The van der Waals surface area contributed by atoms with E-state index in [1.54, 1.807) is 7.11 Å². The molecule has 1 aliphatic rings. The zero-order chi connectivity index (χ0) is 12.3. The van der Waals surface area contributed by atoms with Crippen LogP contribution in [0.3, 0.4) is 0 Å². The molecule has 2 rings (SSSR count). The molecule has 0 aromatic heterocycles. The fourth-order valence-electron chi connectivity index (χ4n) is 2.21. The minimum absolute atomic E-state index is 0.0237. The lowest BCUT2D eigenvalue weighted by Gasteiger charge is -2.28. The number of hydrogen-bond donors (Lipinski definition) is 1. The summed E-state index contributed by atoms with van der Waals surface area (Å²) in [5.74, 6) is 1.25. The molecule has 94 valence electrons. The molecule has 2 atom stereocenters. The van der Waals surface area contributed by atoms with Gasteiger partial charge in [-0.25, -0.2) is 0 Å². The molecular weight excluding hydrogens is 282 g/mol. The van der Waals surface area contributed by atoms with E-state index < -0.39 is 0 Å². The third kappa shape index (κ3) is 3.00. The van der Waals surface area contributed by atoms with Crippen molar-refractivity contribution in [2.45, 2.75) is 18.9 Å². The fourth-order valence-corrected chi connectivity index (χ4v) is 2.83. The smallest absolute Gasteiger partial charge is 0.120 e. The minimum atomic E-state index is 0.0237. The van der Waals surface area contributed by atoms with Crippen molar-refractivity contribution in [3.63, 3.8) is 0 Å². The Bertz CT molecular complexity index is 378. The normalized spacial score (nSPS) is 22.2. The van der Waals surface area contributed by atoms with Gasteiger partial charge in [0.05, 0.1) is 13.7 Å². The summed E-state index contributed by atoms with van der Waals surface area (Å²) >= 11 is 3.55. The monoisotopic (exact) mass is 299 g/mol. The number of rotatable bonds is 3. The average molecular weight is 300 g/mol. The van der Waals surface area contributed by atoms with E-state index in [1.807, 2.05) is 18.2 Å². The molecule has 0 spiro atoms. The van der Waals surface area contributed by atoms with E-state index in [-0.39, 0.29) is 6.04 Å². The first-order valence-electron chi connectivity index (χ1n) is 5.89. The zero-order valence-corrected chi connectivity index (χ0v) is 11.6. The van der Waals surface area contributed by atoms with Crippen molar-refractivity contribution in [1.82, 2.24) is 0 Å². The number of halogens is 1. The standard InChI is InChI=1S/C13H18BrNO2/c1-16-10-4-5-11(12(14)7-10)13(15)9-3-2-6-17-8-9/h4-5,7,9,13H,2-3,6,8,15H2,1H3. The summed E-state index contributed by atoms with van der Waals surface area (Å²) in [6, 6.07) is 5.96. The molecule has 1 saturated heterocycles.